The number of aromatic nitrogens is 6. The molecule has 9 rings (SSSR count). The van der Waals surface area contributed by atoms with Gasteiger partial charge in [0.25, 0.3) is 5.91 Å². The fourth-order valence-electron chi connectivity index (χ4n) is 8.82. The van der Waals surface area contributed by atoms with E-state index in [1.165, 1.54) is 0 Å². The molecule has 1 unspecified atom stereocenters. The van der Waals surface area contributed by atoms with Crippen molar-refractivity contribution in [1.29, 1.82) is 0 Å². The van der Waals surface area contributed by atoms with Crippen LogP contribution in [0.5, 0.6) is 0 Å². The number of unbranched alkanes of at least 4 members (excludes halogenated alkanes) is 1. The number of fused-ring (bicyclic) bond motifs is 2. The van der Waals surface area contributed by atoms with E-state index in [1.807, 2.05) is 25.1 Å². The van der Waals surface area contributed by atoms with Crippen LogP contribution in [0.4, 0.5) is 21.9 Å². The van der Waals surface area contributed by atoms with Crippen LogP contribution in [0.3, 0.4) is 0 Å². The highest BCUT2D eigenvalue weighted by Crippen LogP contribution is 2.38. The maximum Gasteiger partial charge on any atom is 0.323 e. The first-order chi connectivity index (χ1) is 28.7. The molecule has 0 radical (unpaired) electrons. The molecule has 0 spiro atoms. The summed E-state index contributed by atoms with van der Waals surface area (Å²) >= 11 is 6.31. The third kappa shape index (κ3) is 7.96. The number of carbonyl (C=O) groups excluding carboxylic acids is 4. The summed E-state index contributed by atoms with van der Waals surface area (Å²) in [7, 11) is 0. The molecule has 1 saturated carbocycles. The Morgan fingerprint density at radius 2 is 1.81 bits per heavy atom. The summed E-state index contributed by atoms with van der Waals surface area (Å²) < 4.78 is 7.32. The van der Waals surface area contributed by atoms with Gasteiger partial charge in [-0.1, -0.05) is 29.6 Å². The van der Waals surface area contributed by atoms with Gasteiger partial charge in [0, 0.05) is 62.7 Å². The topological polar surface area (TPSA) is 196 Å². The number of piperazine rings is 1. The number of amides is 5. The Bertz CT molecular complexity index is 2440. The summed E-state index contributed by atoms with van der Waals surface area (Å²) in [6, 6.07) is 6.73. The normalized spacial score (nSPS) is 18.8. The van der Waals surface area contributed by atoms with Crippen LogP contribution in [-0.2, 0) is 22.6 Å². The molecule has 5 aromatic rings. The predicted octanol–water partition coefficient (Wildman–Crippen LogP) is 5.34. The van der Waals surface area contributed by atoms with Crippen molar-refractivity contribution in [2.45, 2.75) is 83.2 Å². The van der Waals surface area contributed by atoms with E-state index in [0.717, 1.165) is 93.8 Å². The Labute approximate surface area is 344 Å². The van der Waals surface area contributed by atoms with Crippen molar-refractivity contribution in [3.63, 3.8) is 0 Å². The quantitative estimate of drug-likeness (QED) is 0.114. The molecule has 3 aliphatic heterocycles. The molecule has 59 heavy (non-hydrogen) atoms. The summed E-state index contributed by atoms with van der Waals surface area (Å²) in [5.41, 5.74) is 6.59. The molecule has 2 saturated heterocycles. The van der Waals surface area contributed by atoms with E-state index in [9.17, 15) is 19.2 Å². The maximum absolute atomic E-state index is 13.2. The number of nitrogens with zero attached hydrogens (tertiary/aromatic N) is 9. The van der Waals surface area contributed by atoms with E-state index < -0.39 is 18.0 Å². The lowest BCUT2D eigenvalue weighted by atomic mass is 10.0. The van der Waals surface area contributed by atoms with E-state index in [1.54, 1.807) is 28.0 Å². The SMILES string of the molecule is Cc1cc(NC(=O)Nc2cnc3c(Cl)cnn3c2C2CCCC2)cnc1-c1noc(CCCCN2CCN(c3ccc4c(c3)CN(C3CCC(=O)NC3=O)C4=O)CC2)n1. The first-order valence-electron chi connectivity index (χ1n) is 20.3. The minimum absolute atomic E-state index is 0.154. The number of hydrogen-bond donors (Lipinski definition) is 3. The Morgan fingerprint density at radius 1 is 0.983 bits per heavy atom. The number of benzene rings is 1. The van der Waals surface area contributed by atoms with Crippen molar-refractivity contribution in [3.05, 3.63) is 76.2 Å². The number of piperidine rings is 1. The van der Waals surface area contributed by atoms with E-state index in [-0.39, 0.29) is 24.2 Å². The number of anilines is 3. The Morgan fingerprint density at radius 3 is 2.61 bits per heavy atom. The van der Waals surface area contributed by atoms with Crippen molar-refractivity contribution < 1.29 is 23.7 Å². The second-order valence-electron chi connectivity index (χ2n) is 15.8. The minimum Gasteiger partial charge on any atom is -0.369 e. The molecule has 306 valence electrons. The number of rotatable bonds is 11. The molecule has 1 aromatic carbocycles. The maximum atomic E-state index is 13.2. The molecule has 4 aromatic heterocycles. The lowest BCUT2D eigenvalue weighted by molar-refractivity contribution is -0.136. The highest BCUT2D eigenvalue weighted by atomic mass is 35.5. The third-order valence-electron chi connectivity index (χ3n) is 11.9. The monoisotopic (exact) mass is 820 g/mol. The van der Waals surface area contributed by atoms with Crippen LogP contribution in [0.25, 0.3) is 17.2 Å². The van der Waals surface area contributed by atoms with Crippen molar-refractivity contribution in [1.82, 2.24) is 44.8 Å². The van der Waals surface area contributed by atoms with Gasteiger partial charge in [-0.05, 0) is 81.0 Å². The lowest BCUT2D eigenvalue weighted by Gasteiger charge is -2.36. The van der Waals surface area contributed by atoms with Gasteiger partial charge in [-0.15, -0.1) is 0 Å². The number of halogens is 1. The van der Waals surface area contributed by atoms with E-state index in [0.29, 0.717) is 64.4 Å². The number of pyridine rings is 1. The predicted molar refractivity (Wildman–Crippen MR) is 218 cm³/mol. The lowest BCUT2D eigenvalue weighted by Crippen LogP contribution is -2.52. The average Bonchev–Trinajstić information content (AvgIpc) is 4.05. The molecule has 7 heterocycles. The van der Waals surface area contributed by atoms with E-state index in [4.69, 9.17) is 16.1 Å². The first kappa shape index (κ1) is 38.6. The summed E-state index contributed by atoms with van der Waals surface area (Å²) in [6.07, 6.45) is 12.2. The van der Waals surface area contributed by atoms with Gasteiger partial charge >= 0.3 is 6.03 Å². The Hall–Kier alpha value is -5.94. The van der Waals surface area contributed by atoms with Crippen molar-refractivity contribution >= 4 is 58.1 Å². The second kappa shape index (κ2) is 16.4. The Kier molecular flexibility index (Phi) is 10.7. The van der Waals surface area contributed by atoms with Crippen LogP contribution in [0.2, 0.25) is 5.02 Å². The van der Waals surface area contributed by atoms with Crippen LogP contribution in [0.1, 0.15) is 90.4 Å². The van der Waals surface area contributed by atoms with Gasteiger partial charge in [-0.3, -0.25) is 29.6 Å². The molecule has 0 bridgehead atoms. The van der Waals surface area contributed by atoms with Gasteiger partial charge < -0.3 is 25.0 Å². The minimum atomic E-state index is -0.614. The standard InChI is InChI=1S/C41H45ClN12O5/c1-24-18-27(46-41(58)47-31-22-44-38-30(42)21-45-54(38)36(31)25-6-2-3-7-25)20-43-35(24)37-49-34(59-50-37)8-4-5-13-51-14-16-52(17-15-51)28-9-10-29-26(19-28)23-53(40(29)57)32-11-12-33(55)48-39(32)56/h9-10,18-22,25,32H,2-8,11-17,23H2,1H3,(H2,46,47,58)(H,48,55,56). The number of carbonyl (C=O) groups is 4. The van der Waals surface area contributed by atoms with Gasteiger partial charge in [-0.2, -0.15) is 10.1 Å². The van der Waals surface area contributed by atoms with Crippen molar-refractivity contribution in [2.75, 3.05) is 48.3 Å². The smallest absolute Gasteiger partial charge is 0.323 e. The number of urea groups is 1. The highest BCUT2D eigenvalue weighted by Gasteiger charge is 2.39. The number of hydrogen-bond acceptors (Lipinski definition) is 12. The zero-order valence-electron chi connectivity index (χ0n) is 32.7. The second-order valence-corrected chi connectivity index (χ2v) is 16.2. The van der Waals surface area contributed by atoms with Crippen LogP contribution in [0, 0.1) is 6.92 Å². The zero-order valence-corrected chi connectivity index (χ0v) is 33.5. The molecule has 17 nitrogen and oxygen atoms in total. The first-order valence-corrected chi connectivity index (χ1v) is 20.7. The summed E-state index contributed by atoms with van der Waals surface area (Å²) in [5, 5.41) is 17.3. The van der Waals surface area contributed by atoms with Crippen molar-refractivity contribution in [2.24, 2.45) is 0 Å². The molecule has 3 N–H and O–H groups in total. The van der Waals surface area contributed by atoms with Crippen LogP contribution in [-0.4, -0.2) is 102 Å². The van der Waals surface area contributed by atoms with Crippen molar-refractivity contribution in [3.8, 4) is 11.5 Å². The van der Waals surface area contributed by atoms with Gasteiger partial charge in [0.05, 0.1) is 35.7 Å². The van der Waals surface area contributed by atoms with E-state index in [2.05, 4.69) is 57.0 Å². The molecule has 18 heteroatoms. The fourth-order valence-corrected chi connectivity index (χ4v) is 8.99. The Balaban J connectivity index is 0.728. The molecular weight excluding hydrogens is 776 g/mol. The summed E-state index contributed by atoms with van der Waals surface area (Å²) in [4.78, 5) is 70.3. The number of aryl methyl sites for hydroxylation is 2. The summed E-state index contributed by atoms with van der Waals surface area (Å²) in [5.74, 6) is 0.373. The molecule has 4 aliphatic rings. The zero-order chi connectivity index (χ0) is 40.6. The van der Waals surface area contributed by atoms with Gasteiger partial charge in [-0.25, -0.2) is 14.3 Å². The average molecular weight is 821 g/mol. The summed E-state index contributed by atoms with van der Waals surface area (Å²) in [6.45, 7) is 6.82. The largest absolute Gasteiger partial charge is 0.369 e. The molecule has 5 amide bonds. The molecule has 1 aliphatic carbocycles. The highest BCUT2D eigenvalue weighted by molar-refractivity contribution is 6.33. The van der Waals surface area contributed by atoms with Gasteiger partial charge in [0.2, 0.25) is 23.5 Å². The fraction of sp³-hybridized carbons (Fsp3) is 0.439. The number of imide groups is 1. The molecule has 1 atom stereocenters. The van der Waals surface area contributed by atoms with Crippen LogP contribution < -0.4 is 20.9 Å². The van der Waals surface area contributed by atoms with E-state index >= 15 is 0 Å². The van der Waals surface area contributed by atoms with Crippen LogP contribution in [0.15, 0.2) is 47.4 Å². The third-order valence-corrected chi connectivity index (χ3v) is 12.2. The number of nitrogens with one attached hydrogen (secondary N) is 3. The van der Waals surface area contributed by atoms with Crippen LogP contribution >= 0.6 is 11.6 Å². The van der Waals surface area contributed by atoms with Gasteiger partial charge in [0.1, 0.15) is 16.8 Å². The molecular formula is C41H45ClN12O5. The van der Waals surface area contributed by atoms with Gasteiger partial charge in [0.15, 0.2) is 5.65 Å². The molecule has 3 fully saturated rings.